The van der Waals surface area contributed by atoms with Crippen LogP contribution >= 0.6 is 0 Å². The van der Waals surface area contributed by atoms with Gasteiger partial charge >= 0.3 is 0 Å². The number of carbonyl (C=O) groups excluding carboxylic acids is 1. The lowest BCUT2D eigenvalue weighted by Crippen LogP contribution is -2.52. The van der Waals surface area contributed by atoms with Crippen molar-refractivity contribution in [1.82, 2.24) is 24.5 Å². The van der Waals surface area contributed by atoms with Gasteiger partial charge in [0.25, 0.3) is 11.7 Å². The second-order valence-electron chi connectivity index (χ2n) is 6.64. The molecule has 1 saturated heterocycles. The van der Waals surface area contributed by atoms with Crippen molar-refractivity contribution in [2.75, 3.05) is 31.1 Å². The van der Waals surface area contributed by atoms with Gasteiger partial charge < -0.3 is 14.5 Å². The smallest absolute Gasteiger partial charge is 0.263 e. The van der Waals surface area contributed by atoms with Crippen molar-refractivity contribution in [1.29, 1.82) is 0 Å². The number of anilines is 1. The number of rotatable bonds is 4. The summed E-state index contributed by atoms with van der Waals surface area (Å²) >= 11 is 0. The van der Waals surface area contributed by atoms with Crippen molar-refractivity contribution < 1.29 is 9.53 Å². The summed E-state index contributed by atoms with van der Waals surface area (Å²) in [7, 11) is 0. The van der Waals surface area contributed by atoms with E-state index in [-0.39, 0.29) is 5.91 Å². The van der Waals surface area contributed by atoms with Crippen molar-refractivity contribution in [2.24, 2.45) is 0 Å². The lowest BCUT2D eigenvalue weighted by Gasteiger charge is -2.36. The Bertz CT molecular complexity index is 934. The van der Waals surface area contributed by atoms with E-state index < -0.39 is 6.10 Å². The molecule has 140 valence electrons. The predicted octanol–water partition coefficient (Wildman–Crippen LogP) is 1.55. The summed E-state index contributed by atoms with van der Waals surface area (Å²) in [4.78, 5) is 21.3. The van der Waals surface area contributed by atoms with E-state index in [1.807, 2.05) is 52.6 Å². The SMILES string of the molecule is Cc1cc(N2CCN(C(=O)[C@H](C)Oc3ccccc3)CC2)nc2nncn12. The molecule has 1 atom stereocenters. The third-order valence-electron chi connectivity index (χ3n) is 4.78. The molecule has 1 amide bonds. The molecule has 27 heavy (non-hydrogen) atoms. The first-order chi connectivity index (χ1) is 13.1. The Kier molecular flexibility index (Phi) is 4.62. The van der Waals surface area contributed by atoms with E-state index in [2.05, 4.69) is 20.1 Å². The third-order valence-corrected chi connectivity index (χ3v) is 4.78. The summed E-state index contributed by atoms with van der Waals surface area (Å²) in [6.45, 7) is 6.52. The summed E-state index contributed by atoms with van der Waals surface area (Å²) in [6.07, 6.45) is 1.15. The maximum atomic E-state index is 12.7. The first kappa shape index (κ1) is 17.3. The highest BCUT2D eigenvalue weighted by atomic mass is 16.5. The number of hydrogen-bond acceptors (Lipinski definition) is 6. The minimum absolute atomic E-state index is 0.00977. The molecule has 2 aromatic heterocycles. The standard InChI is InChI=1S/C19H22N6O2/c1-14-12-17(21-19-22-20-13-25(14)19)23-8-10-24(11-9-23)18(26)15(2)27-16-6-4-3-5-7-16/h3-7,12-13,15H,8-11H2,1-2H3/t15-/m0/s1. The molecule has 0 aliphatic carbocycles. The van der Waals surface area contributed by atoms with Gasteiger partial charge in [-0.15, -0.1) is 10.2 Å². The molecule has 1 fully saturated rings. The van der Waals surface area contributed by atoms with Gasteiger partial charge in [-0.05, 0) is 26.0 Å². The molecule has 0 N–H and O–H groups in total. The van der Waals surface area contributed by atoms with E-state index in [0.29, 0.717) is 24.6 Å². The number of para-hydroxylation sites is 1. The summed E-state index contributed by atoms with van der Waals surface area (Å²) < 4.78 is 7.61. The van der Waals surface area contributed by atoms with Crippen LogP contribution in [0.15, 0.2) is 42.7 Å². The van der Waals surface area contributed by atoms with Crippen LogP contribution in [0.3, 0.4) is 0 Å². The molecule has 0 spiro atoms. The van der Waals surface area contributed by atoms with Crippen LogP contribution in [-0.2, 0) is 4.79 Å². The molecular weight excluding hydrogens is 344 g/mol. The molecular formula is C19H22N6O2. The topological polar surface area (TPSA) is 75.9 Å². The Balaban J connectivity index is 1.38. The lowest BCUT2D eigenvalue weighted by atomic mass is 10.2. The van der Waals surface area contributed by atoms with Crippen LogP contribution in [0.4, 0.5) is 5.82 Å². The fourth-order valence-corrected chi connectivity index (χ4v) is 3.27. The van der Waals surface area contributed by atoms with Crippen molar-refractivity contribution in [2.45, 2.75) is 20.0 Å². The van der Waals surface area contributed by atoms with E-state index in [9.17, 15) is 4.79 Å². The normalized spacial score (nSPS) is 15.8. The highest BCUT2D eigenvalue weighted by Gasteiger charge is 2.26. The second-order valence-corrected chi connectivity index (χ2v) is 6.64. The highest BCUT2D eigenvalue weighted by Crippen LogP contribution is 2.18. The molecule has 1 aromatic carbocycles. The van der Waals surface area contributed by atoms with Gasteiger partial charge in [-0.25, -0.2) is 0 Å². The zero-order valence-corrected chi connectivity index (χ0v) is 15.4. The van der Waals surface area contributed by atoms with Gasteiger partial charge in [-0.3, -0.25) is 9.20 Å². The Morgan fingerprint density at radius 1 is 1.15 bits per heavy atom. The molecule has 1 aliphatic rings. The van der Waals surface area contributed by atoms with Crippen molar-refractivity contribution >= 4 is 17.5 Å². The Morgan fingerprint density at radius 3 is 2.63 bits per heavy atom. The highest BCUT2D eigenvalue weighted by molar-refractivity contribution is 5.81. The fourth-order valence-electron chi connectivity index (χ4n) is 3.27. The van der Waals surface area contributed by atoms with E-state index in [0.717, 1.165) is 24.6 Å². The van der Waals surface area contributed by atoms with Crippen LogP contribution in [0, 0.1) is 6.92 Å². The Hall–Kier alpha value is -3.16. The van der Waals surface area contributed by atoms with Gasteiger partial charge in [0.2, 0.25) is 0 Å². The summed E-state index contributed by atoms with van der Waals surface area (Å²) in [5.74, 6) is 2.18. The number of piperazine rings is 1. The monoisotopic (exact) mass is 366 g/mol. The van der Waals surface area contributed by atoms with Gasteiger partial charge in [0.05, 0.1) is 0 Å². The van der Waals surface area contributed by atoms with Gasteiger partial charge in [-0.2, -0.15) is 4.98 Å². The largest absolute Gasteiger partial charge is 0.481 e. The van der Waals surface area contributed by atoms with Crippen LogP contribution in [-0.4, -0.2) is 62.7 Å². The number of aromatic nitrogens is 4. The molecule has 3 heterocycles. The lowest BCUT2D eigenvalue weighted by molar-refractivity contribution is -0.138. The molecule has 8 heteroatoms. The van der Waals surface area contributed by atoms with Crippen LogP contribution in [0.25, 0.3) is 5.78 Å². The zero-order chi connectivity index (χ0) is 18.8. The van der Waals surface area contributed by atoms with Crippen LogP contribution in [0.1, 0.15) is 12.6 Å². The van der Waals surface area contributed by atoms with Gasteiger partial charge in [0, 0.05) is 37.9 Å². The first-order valence-corrected chi connectivity index (χ1v) is 9.04. The quantitative estimate of drug-likeness (QED) is 0.697. The summed E-state index contributed by atoms with van der Waals surface area (Å²) in [5, 5.41) is 7.94. The average Bonchev–Trinajstić information content (AvgIpc) is 3.17. The minimum atomic E-state index is -0.508. The molecule has 0 saturated carbocycles. The molecule has 0 unspecified atom stereocenters. The molecule has 1 aliphatic heterocycles. The number of aryl methyl sites for hydroxylation is 1. The van der Waals surface area contributed by atoms with Gasteiger partial charge in [-0.1, -0.05) is 18.2 Å². The van der Waals surface area contributed by atoms with E-state index in [1.54, 1.807) is 13.3 Å². The van der Waals surface area contributed by atoms with Crippen molar-refractivity contribution in [3.8, 4) is 5.75 Å². The first-order valence-electron chi connectivity index (χ1n) is 9.04. The third kappa shape index (κ3) is 3.55. The fraction of sp³-hybridized carbons (Fsp3) is 0.368. The number of carbonyl (C=O) groups is 1. The number of benzene rings is 1. The number of nitrogens with zero attached hydrogens (tertiary/aromatic N) is 6. The van der Waals surface area contributed by atoms with Gasteiger partial charge in [0.1, 0.15) is 17.9 Å². The minimum Gasteiger partial charge on any atom is -0.481 e. The summed E-state index contributed by atoms with van der Waals surface area (Å²) in [6, 6.07) is 11.5. The van der Waals surface area contributed by atoms with E-state index in [4.69, 9.17) is 4.74 Å². The molecule has 8 nitrogen and oxygen atoms in total. The van der Waals surface area contributed by atoms with Crippen molar-refractivity contribution in [3.63, 3.8) is 0 Å². The van der Waals surface area contributed by atoms with Crippen molar-refractivity contribution in [3.05, 3.63) is 48.4 Å². The summed E-state index contributed by atoms with van der Waals surface area (Å²) in [5.41, 5.74) is 1.03. The maximum absolute atomic E-state index is 12.7. The number of hydrogen-bond donors (Lipinski definition) is 0. The Morgan fingerprint density at radius 2 is 1.89 bits per heavy atom. The zero-order valence-electron chi connectivity index (χ0n) is 15.4. The average molecular weight is 366 g/mol. The number of amides is 1. The molecule has 4 rings (SSSR count). The number of fused-ring (bicyclic) bond motifs is 1. The maximum Gasteiger partial charge on any atom is 0.263 e. The van der Waals surface area contributed by atoms with Gasteiger partial charge in [0.15, 0.2) is 6.10 Å². The molecule has 3 aromatic rings. The molecule has 0 radical (unpaired) electrons. The predicted molar refractivity (Wildman–Crippen MR) is 101 cm³/mol. The van der Waals surface area contributed by atoms with E-state index in [1.165, 1.54) is 0 Å². The Labute approximate surface area is 157 Å². The number of ether oxygens (including phenoxy) is 1. The van der Waals surface area contributed by atoms with Crippen LogP contribution < -0.4 is 9.64 Å². The molecule has 0 bridgehead atoms. The van der Waals surface area contributed by atoms with Crippen LogP contribution in [0.2, 0.25) is 0 Å². The van der Waals surface area contributed by atoms with E-state index >= 15 is 0 Å². The second kappa shape index (κ2) is 7.22. The van der Waals surface area contributed by atoms with Crippen LogP contribution in [0.5, 0.6) is 5.75 Å².